The topological polar surface area (TPSA) is 0 Å². The van der Waals surface area contributed by atoms with Gasteiger partial charge >= 0.3 is 0 Å². The number of hydrogen-bond donors (Lipinski definition) is 0. The fourth-order valence-electron chi connectivity index (χ4n) is 5.17. The smallest absolute Gasteiger partial charge is 0.120 e. The van der Waals surface area contributed by atoms with Crippen molar-refractivity contribution in [3.05, 3.63) is 0 Å². The van der Waals surface area contributed by atoms with Crippen molar-refractivity contribution in [1.29, 1.82) is 0 Å². The molecule has 0 saturated heterocycles. The lowest BCUT2D eigenvalue weighted by Crippen LogP contribution is -2.52. The second-order valence-electron chi connectivity index (χ2n) is 6.00. The molecule has 6 fully saturated rings. The maximum atomic E-state index is 14.6. The summed E-state index contributed by atoms with van der Waals surface area (Å²) in [5.74, 6) is 0.861. The van der Waals surface area contributed by atoms with Crippen molar-refractivity contribution in [3.8, 4) is 0 Å². The van der Waals surface area contributed by atoms with Crippen LogP contribution in [0.25, 0.3) is 0 Å². The fourth-order valence-corrected chi connectivity index (χ4v) is 5.17. The van der Waals surface area contributed by atoms with Crippen LogP contribution in [0.2, 0.25) is 0 Å². The van der Waals surface area contributed by atoms with E-state index in [1.54, 1.807) is 0 Å². The molecule has 0 aromatic carbocycles. The van der Waals surface area contributed by atoms with Gasteiger partial charge in [0.05, 0.1) is 0 Å². The molecule has 6 atom stereocenters. The molecule has 6 saturated carbocycles. The Balaban J connectivity index is 1.81. The predicted octanol–water partition coefficient (Wildman–Crippen LogP) is 2.34. The van der Waals surface area contributed by atoms with Crippen molar-refractivity contribution in [3.63, 3.8) is 0 Å². The molecule has 0 radical (unpaired) electrons. The van der Waals surface area contributed by atoms with Gasteiger partial charge in [-0.1, -0.05) is 0 Å². The molecule has 2 bridgehead atoms. The third kappa shape index (κ3) is 0.397. The summed E-state index contributed by atoms with van der Waals surface area (Å²) in [5, 5.41) is 0. The van der Waals surface area contributed by atoms with E-state index in [-0.39, 0.29) is 35.5 Å². The van der Waals surface area contributed by atoms with Crippen molar-refractivity contribution in [1.82, 2.24) is 0 Å². The largest absolute Gasteiger partial charge is 0.243 e. The Kier molecular flexibility index (Phi) is 0.634. The van der Waals surface area contributed by atoms with Crippen molar-refractivity contribution < 1.29 is 8.78 Å². The summed E-state index contributed by atoms with van der Waals surface area (Å²) in [4.78, 5) is 0. The lowest BCUT2D eigenvalue weighted by molar-refractivity contribution is -0.0832. The van der Waals surface area contributed by atoms with Gasteiger partial charge in [-0.15, -0.1) is 0 Å². The van der Waals surface area contributed by atoms with Crippen molar-refractivity contribution in [2.24, 2.45) is 35.5 Å². The molecule has 0 N–H and O–H groups in total. The molecule has 70 valence electrons. The minimum absolute atomic E-state index is 0.144. The predicted molar refractivity (Wildman–Crippen MR) is 42.5 cm³/mol. The zero-order valence-electron chi connectivity index (χ0n) is 7.34. The Morgan fingerprint density at radius 2 is 0.846 bits per heavy atom. The van der Waals surface area contributed by atoms with Crippen LogP contribution in [0.1, 0.15) is 19.3 Å². The van der Waals surface area contributed by atoms with Gasteiger partial charge in [0, 0.05) is 0 Å². The third-order valence-electron chi connectivity index (χ3n) is 5.78. The summed E-state index contributed by atoms with van der Waals surface area (Å²) in [6.07, 6.45) is 2.60. The molecule has 6 unspecified atom stereocenters. The zero-order valence-corrected chi connectivity index (χ0v) is 7.34. The highest BCUT2D eigenvalue weighted by molar-refractivity contribution is 5.38. The van der Waals surface area contributed by atoms with E-state index in [0.29, 0.717) is 0 Å². The van der Waals surface area contributed by atoms with E-state index in [1.165, 1.54) is 0 Å². The molecule has 13 heavy (non-hydrogen) atoms. The normalized spacial score (nSPS) is 85.4. The summed E-state index contributed by atoms with van der Waals surface area (Å²) in [6, 6.07) is 0. The number of rotatable bonds is 0. The zero-order chi connectivity index (χ0) is 8.59. The summed E-state index contributed by atoms with van der Waals surface area (Å²) >= 11 is 0. The third-order valence-corrected chi connectivity index (χ3v) is 5.78. The maximum Gasteiger partial charge on any atom is 0.120 e. The molecule has 0 aromatic rings. The molecular formula is C11H12F2. The molecule has 0 amide bonds. The first-order valence-electron chi connectivity index (χ1n) is 5.56. The average molecular weight is 182 g/mol. The molecule has 0 aliphatic heterocycles. The SMILES string of the molecule is FC12C3CC3C(F)(C3CC31)C1CC12. The Hall–Kier alpha value is -0.140. The minimum atomic E-state index is -0.881. The van der Waals surface area contributed by atoms with Gasteiger partial charge in [0.2, 0.25) is 0 Å². The summed E-state index contributed by atoms with van der Waals surface area (Å²) < 4.78 is 29.3. The van der Waals surface area contributed by atoms with Gasteiger partial charge in [0.15, 0.2) is 0 Å². The Labute approximate surface area is 75.7 Å². The van der Waals surface area contributed by atoms with E-state index in [9.17, 15) is 8.78 Å². The second kappa shape index (κ2) is 1.30. The van der Waals surface area contributed by atoms with Crippen LogP contribution in [0.15, 0.2) is 0 Å². The monoisotopic (exact) mass is 182 g/mol. The highest BCUT2D eigenvalue weighted by Gasteiger charge is 2.91. The fraction of sp³-hybridized carbons (Fsp3) is 1.00. The molecule has 0 nitrogen and oxygen atoms in total. The van der Waals surface area contributed by atoms with Gasteiger partial charge < -0.3 is 0 Å². The number of halogens is 2. The standard InChI is InChI=1S/C11H12F2/c12-10-4-1-5(4)11(13,7-2-6(7)10)9-3-8(9)10/h4-9H,1-3H2. The van der Waals surface area contributed by atoms with Gasteiger partial charge in [-0.3, -0.25) is 0 Å². The van der Waals surface area contributed by atoms with E-state index in [2.05, 4.69) is 0 Å². The van der Waals surface area contributed by atoms with E-state index in [0.717, 1.165) is 19.3 Å². The van der Waals surface area contributed by atoms with Crippen LogP contribution >= 0.6 is 0 Å². The highest BCUT2D eigenvalue weighted by Crippen LogP contribution is 2.87. The van der Waals surface area contributed by atoms with Crippen LogP contribution in [0.4, 0.5) is 8.78 Å². The van der Waals surface area contributed by atoms with Crippen LogP contribution in [0, 0.1) is 35.5 Å². The number of alkyl halides is 2. The minimum Gasteiger partial charge on any atom is -0.243 e. The first-order chi connectivity index (χ1) is 6.18. The van der Waals surface area contributed by atoms with Gasteiger partial charge in [-0.05, 0) is 54.8 Å². The quantitative estimate of drug-likeness (QED) is 0.539. The van der Waals surface area contributed by atoms with Gasteiger partial charge in [-0.2, -0.15) is 0 Å². The van der Waals surface area contributed by atoms with Crippen LogP contribution in [-0.2, 0) is 0 Å². The lowest BCUT2D eigenvalue weighted by atomic mass is 9.67. The van der Waals surface area contributed by atoms with E-state index >= 15 is 0 Å². The van der Waals surface area contributed by atoms with Crippen LogP contribution < -0.4 is 0 Å². The molecule has 0 aromatic heterocycles. The molecule has 2 heteroatoms. The van der Waals surface area contributed by atoms with E-state index in [1.807, 2.05) is 0 Å². The average Bonchev–Trinajstić information content (AvgIpc) is 3.00. The Morgan fingerprint density at radius 3 is 1.08 bits per heavy atom. The summed E-state index contributed by atoms with van der Waals surface area (Å²) in [6.45, 7) is 0. The Morgan fingerprint density at radius 1 is 0.615 bits per heavy atom. The summed E-state index contributed by atoms with van der Waals surface area (Å²) in [7, 11) is 0. The molecule has 6 aliphatic rings. The van der Waals surface area contributed by atoms with Gasteiger partial charge in [0.25, 0.3) is 0 Å². The van der Waals surface area contributed by atoms with Gasteiger partial charge in [-0.25, -0.2) is 8.78 Å². The Bertz CT molecular complexity index is 259. The van der Waals surface area contributed by atoms with Crippen molar-refractivity contribution >= 4 is 0 Å². The molecule has 6 rings (SSSR count). The first-order valence-corrected chi connectivity index (χ1v) is 5.56. The van der Waals surface area contributed by atoms with Crippen LogP contribution in [-0.4, -0.2) is 11.3 Å². The molecule has 6 aliphatic carbocycles. The summed E-state index contributed by atoms with van der Waals surface area (Å²) in [5.41, 5.74) is -1.76. The first kappa shape index (κ1) is 6.36. The van der Waals surface area contributed by atoms with E-state index in [4.69, 9.17) is 0 Å². The van der Waals surface area contributed by atoms with Gasteiger partial charge in [0.1, 0.15) is 11.3 Å². The molecule has 0 heterocycles. The van der Waals surface area contributed by atoms with Crippen molar-refractivity contribution in [2.75, 3.05) is 0 Å². The number of hydrogen-bond acceptors (Lipinski definition) is 0. The highest BCUT2D eigenvalue weighted by atomic mass is 19.2. The second-order valence-corrected chi connectivity index (χ2v) is 6.00. The van der Waals surface area contributed by atoms with E-state index < -0.39 is 11.3 Å². The lowest BCUT2D eigenvalue weighted by Gasteiger charge is -2.43. The van der Waals surface area contributed by atoms with Crippen molar-refractivity contribution in [2.45, 2.75) is 30.6 Å². The molecular weight excluding hydrogens is 170 g/mol. The van der Waals surface area contributed by atoms with Crippen LogP contribution in [0.5, 0.6) is 0 Å². The van der Waals surface area contributed by atoms with Crippen LogP contribution in [0.3, 0.4) is 0 Å². The molecule has 0 spiro atoms. The maximum absolute atomic E-state index is 14.6.